The molecule has 6 nitrogen and oxygen atoms in total. The number of benzene rings is 2. The van der Waals surface area contributed by atoms with E-state index in [1.165, 1.54) is 18.2 Å². The average molecular weight is 382 g/mol. The van der Waals surface area contributed by atoms with E-state index in [0.717, 1.165) is 29.3 Å². The number of nitrogens with one attached hydrogen (secondary N) is 1. The van der Waals surface area contributed by atoms with Crippen LogP contribution in [0.4, 0.5) is 0 Å². The van der Waals surface area contributed by atoms with Crippen LogP contribution in [0.5, 0.6) is 0 Å². The monoisotopic (exact) mass is 382 g/mol. The summed E-state index contributed by atoms with van der Waals surface area (Å²) in [4.78, 5) is 16.8. The van der Waals surface area contributed by atoms with Gasteiger partial charge in [-0.3, -0.25) is 4.98 Å². The molecule has 3 aromatic rings. The molecule has 0 bridgehead atoms. The first kappa shape index (κ1) is 17.6. The lowest BCUT2D eigenvalue weighted by atomic mass is 10.1. The molecule has 0 spiro atoms. The van der Waals surface area contributed by atoms with Crippen molar-refractivity contribution < 1.29 is 17.9 Å². The lowest BCUT2D eigenvalue weighted by Crippen LogP contribution is -2.25. The number of pyridine rings is 1. The van der Waals surface area contributed by atoms with Gasteiger partial charge >= 0.3 is 5.97 Å². The first-order valence-electron chi connectivity index (χ1n) is 8.65. The smallest absolute Gasteiger partial charge is 0.338 e. The molecule has 1 fully saturated rings. The van der Waals surface area contributed by atoms with Crippen LogP contribution in [0.1, 0.15) is 28.8 Å². The van der Waals surface area contributed by atoms with Crippen molar-refractivity contribution in [1.29, 1.82) is 0 Å². The Labute approximate surface area is 157 Å². The van der Waals surface area contributed by atoms with E-state index >= 15 is 0 Å². The highest BCUT2D eigenvalue weighted by Crippen LogP contribution is 2.23. The van der Waals surface area contributed by atoms with E-state index in [9.17, 15) is 13.2 Å². The molecule has 1 aliphatic rings. The summed E-state index contributed by atoms with van der Waals surface area (Å²) in [5.41, 5.74) is 1.76. The van der Waals surface area contributed by atoms with Crippen molar-refractivity contribution in [3.05, 3.63) is 71.9 Å². The number of hydrogen-bond acceptors (Lipinski definition) is 5. The van der Waals surface area contributed by atoms with E-state index < -0.39 is 16.0 Å². The van der Waals surface area contributed by atoms with Crippen LogP contribution in [0, 0.1) is 0 Å². The highest BCUT2D eigenvalue weighted by Gasteiger charge is 2.28. The van der Waals surface area contributed by atoms with Gasteiger partial charge in [0.25, 0.3) is 0 Å². The molecule has 0 aliphatic heterocycles. The number of para-hydroxylation sites is 1. The van der Waals surface area contributed by atoms with Crippen molar-refractivity contribution in [3.63, 3.8) is 0 Å². The Balaban J connectivity index is 1.50. The van der Waals surface area contributed by atoms with Gasteiger partial charge in [-0.25, -0.2) is 17.9 Å². The topological polar surface area (TPSA) is 85.4 Å². The third-order valence-electron chi connectivity index (χ3n) is 4.35. The third-order valence-corrected chi connectivity index (χ3v) is 5.87. The first-order valence-corrected chi connectivity index (χ1v) is 10.1. The number of carbonyl (C=O) groups is 1. The van der Waals surface area contributed by atoms with Crippen LogP contribution in [-0.4, -0.2) is 25.4 Å². The van der Waals surface area contributed by atoms with Gasteiger partial charge < -0.3 is 4.74 Å². The molecule has 1 saturated carbocycles. The predicted molar refractivity (Wildman–Crippen MR) is 101 cm³/mol. The van der Waals surface area contributed by atoms with E-state index in [4.69, 9.17) is 4.74 Å². The van der Waals surface area contributed by atoms with Crippen molar-refractivity contribution in [1.82, 2.24) is 9.71 Å². The SMILES string of the molecule is O=C(OCc1cccc2cccnc12)c1cccc(S(=O)(=O)NC2CC2)c1. The minimum Gasteiger partial charge on any atom is -0.457 e. The molecule has 0 amide bonds. The molecular formula is C20H18N2O4S. The van der Waals surface area contributed by atoms with Crippen molar-refractivity contribution in [2.24, 2.45) is 0 Å². The van der Waals surface area contributed by atoms with E-state index in [0.29, 0.717) is 0 Å². The molecule has 0 radical (unpaired) electrons. The van der Waals surface area contributed by atoms with Crippen LogP contribution in [0.15, 0.2) is 65.7 Å². The van der Waals surface area contributed by atoms with Gasteiger partial charge in [0, 0.05) is 23.2 Å². The Kier molecular flexibility index (Phi) is 4.63. The number of fused-ring (bicyclic) bond motifs is 1. The molecule has 1 aliphatic carbocycles. The molecule has 0 saturated heterocycles. The summed E-state index contributed by atoms with van der Waals surface area (Å²) < 4.78 is 32.6. The number of esters is 1. The zero-order valence-corrected chi connectivity index (χ0v) is 15.3. The van der Waals surface area contributed by atoms with Crippen molar-refractivity contribution in [3.8, 4) is 0 Å². The van der Waals surface area contributed by atoms with E-state index in [1.807, 2.05) is 30.3 Å². The zero-order chi connectivity index (χ0) is 18.9. The van der Waals surface area contributed by atoms with E-state index in [2.05, 4.69) is 9.71 Å². The van der Waals surface area contributed by atoms with Crippen molar-refractivity contribution >= 4 is 26.9 Å². The fourth-order valence-corrected chi connectivity index (χ4v) is 4.14. The number of rotatable bonds is 6. The average Bonchev–Trinajstić information content (AvgIpc) is 3.49. The van der Waals surface area contributed by atoms with Gasteiger partial charge in [-0.15, -0.1) is 0 Å². The molecule has 138 valence electrons. The Bertz CT molecular complexity index is 1100. The summed E-state index contributed by atoms with van der Waals surface area (Å²) in [6, 6.07) is 15.3. The summed E-state index contributed by atoms with van der Waals surface area (Å²) in [5.74, 6) is -0.577. The van der Waals surface area contributed by atoms with E-state index in [1.54, 1.807) is 12.3 Å². The van der Waals surface area contributed by atoms with Crippen molar-refractivity contribution in [2.45, 2.75) is 30.4 Å². The fraction of sp³-hybridized carbons (Fsp3) is 0.200. The number of carbonyl (C=O) groups excluding carboxylic acids is 1. The van der Waals surface area contributed by atoms with Gasteiger partial charge in [0.1, 0.15) is 6.61 Å². The van der Waals surface area contributed by atoms with Gasteiger partial charge in [0.2, 0.25) is 10.0 Å². The van der Waals surface area contributed by atoms with Crippen LogP contribution >= 0.6 is 0 Å². The Morgan fingerprint density at radius 2 is 1.89 bits per heavy atom. The molecule has 1 heterocycles. The minimum atomic E-state index is -3.62. The second kappa shape index (κ2) is 7.09. The quantitative estimate of drug-likeness (QED) is 0.663. The summed E-state index contributed by atoms with van der Waals surface area (Å²) in [5, 5.41) is 0.963. The maximum absolute atomic E-state index is 12.4. The summed E-state index contributed by atoms with van der Waals surface area (Å²) in [6.07, 6.45) is 3.38. The highest BCUT2D eigenvalue weighted by atomic mass is 32.2. The largest absolute Gasteiger partial charge is 0.457 e. The number of nitrogens with zero attached hydrogens (tertiary/aromatic N) is 1. The fourth-order valence-electron chi connectivity index (χ4n) is 2.79. The molecule has 0 atom stereocenters. The van der Waals surface area contributed by atoms with Crippen molar-refractivity contribution in [2.75, 3.05) is 0 Å². The minimum absolute atomic E-state index is 0.00414. The number of aromatic nitrogens is 1. The summed E-state index contributed by atoms with van der Waals surface area (Å²) >= 11 is 0. The molecular weight excluding hydrogens is 364 g/mol. The molecule has 0 unspecified atom stereocenters. The molecule has 2 aromatic carbocycles. The van der Waals surface area contributed by atoms with Crippen LogP contribution in [0.2, 0.25) is 0 Å². The van der Waals surface area contributed by atoms with Gasteiger partial charge in [-0.2, -0.15) is 0 Å². The van der Waals surface area contributed by atoms with Crippen LogP contribution < -0.4 is 4.72 Å². The molecule has 7 heteroatoms. The normalized spacial score (nSPS) is 14.2. The first-order chi connectivity index (χ1) is 13.0. The number of ether oxygens (including phenoxy) is 1. The van der Waals surface area contributed by atoms with E-state index in [-0.39, 0.29) is 23.1 Å². The van der Waals surface area contributed by atoms with Crippen LogP contribution in [0.3, 0.4) is 0 Å². The lowest BCUT2D eigenvalue weighted by molar-refractivity contribution is 0.0474. The maximum Gasteiger partial charge on any atom is 0.338 e. The molecule has 1 aromatic heterocycles. The second-order valence-electron chi connectivity index (χ2n) is 6.49. The Morgan fingerprint density at radius 3 is 2.70 bits per heavy atom. The zero-order valence-electron chi connectivity index (χ0n) is 14.5. The molecule has 4 rings (SSSR count). The predicted octanol–water partition coefficient (Wildman–Crippen LogP) is 3.03. The standard InChI is InChI=1S/C20H18N2O4S/c23-20(26-13-16-6-1-4-14-7-3-11-21-19(14)16)15-5-2-8-18(12-15)27(24,25)22-17-9-10-17/h1-8,11-12,17,22H,9-10,13H2. The maximum atomic E-state index is 12.4. The lowest BCUT2D eigenvalue weighted by Gasteiger charge is -2.09. The van der Waals surface area contributed by atoms with Crippen LogP contribution in [0.25, 0.3) is 10.9 Å². The van der Waals surface area contributed by atoms with Gasteiger partial charge in [-0.1, -0.05) is 30.3 Å². The highest BCUT2D eigenvalue weighted by molar-refractivity contribution is 7.89. The van der Waals surface area contributed by atoms with Gasteiger partial charge in [-0.05, 0) is 37.1 Å². The molecule has 1 N–H and O–H groups in total. The summed E-state index contributed by atoms with van der Waals surface area (Å²) in [6.45, 7) is 0.0600. The number of hydrogen-bond donors (Lipinski definition) is 1. The molecule has 27 heavy (non-hydrogen) atoms. The second-order valence-corrected chi connectivity index (χ2v) is 8.21. The van der Waals surface area contributed by atoms with Crippen LogP contribution in [-0.2, 0) is 21.4 Å². The third kappa shape index (κ3) is 3.99. The Morgan fingerprint density at radius 1 is 1.11 bits per heavy atom. The van der Waals surface area contributed by atoms with Gasteiger partial charge in [0.15, 0.2) is 0 Å². The Hall–Kier alpha value is -2.77. The summed E-state index contributed by atoms with van der Waals surface area (Å²) in [7, 11) is -3.62. The van der Waals surface area contributed by atoms with Gasteiger partial charge in [0.05, 0.1) is 16.0 Å². The number of sulfonamides is 1.